The van der Waals surface area contributed by atoms with Crippen LogP contribution in [0.5, 0.6) is 0 Å². The average molecular weight is 332 g/mol. The van der Waals surface area contributed by atoms with Crippen molar-refractivity contribution in [3.05, 3.63) is 35.6 Å². The summed E-state index contributed by atoms with van der Waals surface area (Å²) in [7, 11) is 0. The maximum atomic E-state index is 13.8. The normalized spacial score (nSPS) is 30.5. The molecule has 0 saturated carbocycles. The summed E-state index contributed by atoms with van der Waals surface area (Å²) < 4.78 is 20.0. The van der Waals surface area contributed by atoms with Crippen LogP contribution in [0.1, 0.15) is 31.2 Å². The van der Waals surface area contributed by atoms with Gasteiger partial charge in [-0.3, -0.25) is 9.69 Å². The van der Waals surface area contributed by atoms with Crippen molar-refractivity contribution >= 4 is 5.91 Å². The smallest absolute Gasteiger partial charge is 0.251 e. The van der Waals surface area contributed by atoms with E-state index in [0.29, 0.717) is 12.5 Å². The number of hydrogen-bond donors (Lipinski definition) is 0. The number of carbonyl (C=O) groups excluding carboxylic acids is 1. The highest BCUT2D eigenvalue weighted by Gasteiger charge is 2.43. The number of halogens is 1. The lowest BCUT2D eigenvalue weighted by atomic mass is 9.91. The summed E-state index contributed by atoms with van der Waals surface area (Å²) in [5.74, 6) is 0.509. The van der Waals surface area contributed by atoms with Crippen LogP contribution >= 0.6 is 0 Å². The molecule has 5 heteroatoms. The fraction of sp³-hybridized carbons (Fsp3) is 0.632. The Morgan fingerprint density at radius 3 is 2.79 bits per heavy atom. The summed E-state index contributed by atoms with van der Waals surface area (Å²) in [4.78, 5) is 16.8. The van der Waals surface area contributed by atoms with Crippen LogP contribution in [0.2, 0.25) is 0 Å². The van der Waals surface area contributed by atoms with Gasteiger partial charge in [-0.2, -0.15) is 0 Å². The van der Waals surface area contributed by atoms with Crippen LogP contribution in [0.4, 0.5) is 4.39 Å². The van der Waals surface area contributed by atoms with Crippen molar-refractivity contribution in [2.75, 3.05) is 26.2 Å². The van der Waals surface area contributed by atoms with Gasteiger partial charge in [-0.15, -0.1) is 0 Å². The van der Waals surface area contributed by atoms with Gasteiger partial charge in [0.15, 0.2) is 0 Å². The second-order valence-electron chi connectivity index (χ2n) is 7.31. The molecule has 3 aliphatic heterocycles. The molecule has 130 valence electrons. The SMILES string of the molecule is O=C([C@H]1C[C@@H]2CCN(Cc3ccccc3F)C[C@H]2O1)N1CCCC1. The number of amides is 1. The standard InChI is InChI=1S/C19H25FN2O2/c20-16-6-2-1-5-15(16)12-21-10-7-14-11-17(24-18(14)13-21)19(23)22-8-3-4-9-22/h1-2,5-6,14,17-18H,3-4,7-13H2/t14-,17+,18+/m0/s1. The van der Waals surface area contributed by atoms with E-state index in [4.69, 9.17) is 4.74 Å². The topological polar surface area (TPSA) is 32.8 Å². The molecule has 24 heavy (non-hydrogen) atoms. The Morgan fingerprint density at radius 2 is 2.00 bits per heavy atom. The Bertz CT molecular complexity index is 603. The summed E-state index contributed by atoms with van der Waals surface area (Å²) in [5, 5.41) is 0. The summed E-state index contributed by atoms with van der Waals surface area (Å²) in [6, 6.07) is 6.96. The zero-order valence-electron chi connectivity index (χ0n) is 14.0. The van der Waals surface area contributed by atoms with Crippen molar-refractivity contribution in [2.45, 2.75) is 44.4 Å². The van der Waals surface area contributed by atoms with Gasteiger partial charge in [-0.25, -0.2) is 4.39 Å². The molecule has 1 aromatic rings. The predicted octanol–water partition coefficient (Wildman–Crippen LogP) is 2.43. The van der Waals surface area contributed by atoms with E-state index in [1.165, 1.54) is 6.07 Å². The highest BCUT2D eigenvalue weighted by Crippen LogP contribution is 2.35. The first-order valence-electron chi connectivity index (χ1n) is 9.11. The third-order valence-electron chi connectivity index (χ3n) is 5.68. The van der Waals surface area contributed by atoms with Crippen LogP contribution in [0.25, 0.3) is 0 Å². The van der Waals surface area contributed by atoms with Gasteiger partial charge in [0, 0.05) is 31.7 Å². The quantitative estimate of drug-likeness (QED) is 0.852. The molecule has 1 aromatic carbocycles. The van der Waals surface area contributed by atoms with Crippen molar-refractivity contribution in [3.63, 3.8) is 0 Å². The number of ether oxygens (including phenoxy) is 1. The third kappa shape index (κ3) is 3.20. The van der Waals surface area contributed by atoms with Gasteiger partial charge >= 0.3 is 0 Å². The van der Waals surface area contributed by atoms with Crippen molar-refractivity contribution in [1.82, 2.24) is 9.80 Å². The summed E-state index contributed by atoms with van der Waals surface area (Å²) in [6.07, 6.45) is 3.97. The Morgan fingerprint density at radius 1 is 1.21 bits per heavy atom. The number of likely N-dealkylation sites (tertiary alicyclic amines) is 2. The largest absolute Gasteiger partial charge is 0.364 e. The molecule has 3 heterocycles. The minimum Gasteiger partial charge on any atom is -0.364 e. The first-order valence-corrected chi connectivity index (χ1v) is 9.11. The lowest BCUT2D eigenvalue weighted by Gasteiger charge is -2.34. The molecule has 0 N–H and O–H groups in total. The molecule has 0 unspecified atom stereocenters. The molecular weight excluding hydrogens is 307 g/mol. The molecule has 0 aromatic heterocycles. The summed E-state index contributed by atoms with van der Waals surface area (Å²) in [6.45, 7) is 4.12. The highest BCUT2D eigenvalue weighted by molar-refractivity contribution is 5.81. The van der Waals surface area contributed by atoms with E-state index < -0.39 is 0 Å². The second kappa shape index (κ2) is 6.81. The van der Waals surface area contributed by atoms with Crippen LogP contribution in [0.15, 0.2) is 24.3 Å². The molecule has 3 atom stereocenters. The van der Waals surface area contributed by atoms with Gasteiger partial charge in [-0.1, -0.05) is 18.2 Å². The van der Waals surface area contributed by atoms with Gasteiger partial charge in [0.25, 0.3) is 5.91 Å². The van der Waals surface area contributed by atoms with Crippen LogP contribution < -0.4 is 0 Å². The molecule has 4 nitrogen and oxygen atoms in total. The maximum Gasteiger partial charge on any atom is 0.251 e. The fourth-order valence-electron chi connectivity index (χ4n) is 4.31. The van der Waals surface area contributed by atoms with E-state index in [1.807, 2.05) is 17.0 Å². The molecule has 0 spiro atoms. The lowest BCUT2D eigenvalue weighted by molar-refractivity contribution is -0.142. The van der Waals surface area contributed by atoms with Gasteiger partial charge in [-0.05, 0) is 44.2 Å². The highest BCUT2D eigenvalue weighted by atomic mass is 19.1. The second-order valence-corrected chi connectivity index (χ2v) is 7.31. The van der Waals surface area contributed by atoms with Crippen LogP contribution in [-0.2, 0) is 16.1 Å². The number of carbonyl (C=O) groups is 1. The van der Waals surface area contributed by atoms with E-state index >= 15 is 0 Å². The Kier molecular flexibility index (Phi) is 4.55. The minimum atomic E-state index is -0.258. The number of piperidine rings is 1. The van der Waals surface area contributed by atoms with Gasteiger partial charge in [0.1, 0.15) is 11.9 Å². The Labute approximate surface area is 142 Å². The van der Waals surface area contributed by atoms with E-state index in [-0.39, 0.29) is 23.9 Å². The summed E-state index contributed by atoms with van der Waals surface area (Å²) in [5.41, 5.74) is 0.735. The maximum absolute atomic E-state index is 13.8. The molecule has 4 rings (SSSR count). The fourth-order valence-corrected chi connectivity index (χ4v) is 4.31. The molecule has 0 bridgehead atoms. The van der Waals surface area contributed by atoms with E-state index in [2.05, 4.69) is 4.90 Å². The molecule has 0 radical (unpaired) electrons. The zero-order valence-corrected chi connectivity index (χ0v) is 14.0. The van der Waals surface area contributed by atoms with Crippen molar-refractivity contribution in [1.29, 1.82) is 0 Å². The van der Waals surface area contributed by atoms with Gasteiger partial charge in [0.05, 0.1) is 6.10 Å². The van der Waals surface area contributed by atoms with Crippen molar-refractivity contribution < 1.29 is 13.9 Å². The molecule has 0 aliphatic carbocycles. The molecule has 3 saturated heterocycles. The third-order valence-corrected chi connectivity index (χ3v) is 5.68. The molecule has 3 aliphatic rings. The van der Waals surface area contributed by atoms with Crippen LogP contribution in [-0.4, -0.2) is 54.1 Å². The minimum absolute atomic E-state index is 0.113. The van der Waals surface area contributed by atoms with Crippen molar-refractivity contribution in [3.8, 4) is 0 Å². The van der Waals surface area contributed by atoms with Crippen LogP contribution in [0, 0.1) is 11.7 Å². The van der Waals surface area contributed by atoms with E-state index in [9.17, 15) is 9.18 Å². The lowest BCUT2D eigenvalue weighted by Crippen LogP contribution is -2.42. The predicted molar refractivity (Wildman–Crippen MR) is 88.9 cm³/mol. The first kappa shape index (κ1) is 16.0. The monoisotopic (exact) mass is 332 g/mol. The number of hydrogen-bond acceptors (Lipinski definition) is 3. The van der Waals surface area contributed by atoms with Gasteiger partial charge in [0.2, 0.25) is 0 Å². The molecule has 1 amide bonds. The summed E-state index contributed by atoms with van der Waals surface area (Å²) >= 11 is 0. The Balaban J connectivity index is 1.35. The first-order chi connectivity index (χ1) is 11.7. The Hall–Kier alpha value is -1.46. The number of fused-ring (bicyclic) bond motifs is 1. The number of rotatable bonds is 3. The van der Waals surface area contributed by atoms with Crippen LogP contribution in [0.3, 0.4) is 0 Å². The zero-order chi connectivity index (χ0) is 16.5. The number of benzene rings is 1. The van der Waals surface area contributed by atoms with Gasteiger partial charge < -0.3 is 9.64 Å². The van der Waals surface area contributed by atoms with Crippen molar-refractivity contribution in [2.24, 2.45) is 5.92 Å². The molecular formula is C19H25FN2O2. The molecule has 3 fully saturated rings. The average Bonchev–Trinajstić information content (AvgIpc) is 3.25. The van der Waals surface area contributed by atoms with E-state index in [1.54, 1.807) is 6.07 Å². The van der Waals surface area contributed by atoms with E-state index in [0.717, 1.165) is 57.4 Å². The number of nitrogens with zero attached hydrogens (tertiary/aromatic N) is 2.